The molecule has 0 heterocycles. The van der Waals surface area contributed by atoms with E-state index in [-0.39, 0.29) is 19.0 Å². The number of ether oxygens (including phenoxy) is 2. The normalized spacial score (nSPS) is 9.89. The Hall–Kier alpha value is -0.490. The van der Waals surface area contributed by atoms with Crippen LogP contribution in [0.25, 0.3) is 0 Å². The van der Waals surface area contributed by atoms with Crippen LogP contribution in [0.1, 0.15) is 19.4 Å². The van der Waals surface area contributed by atoms with Gasteiger partial charge in [-0.05, 0) is 47.5 Å². The van der Waals surface area contributed by atoms with Crippen LogP contribution in [0.3, 0.4) is 0 Å². The van der Waals surface area contributed by atoms with Crippen LogP contribution in [-0.2, 0) is 6.54 Å². The molecule has 0 saturated heterocycles. The van der Waals surface area contributed by atoms with E-state index in [0.717, 1.165) is 21.5 Å². The quantitative estimate of drug-likeness (QED) is 0.705. The van der Waals surface area contributed by atoms with Gasteiger partial charge in [0.2, 0.25) is 0 Å². The van der Waals surface area contributed by atoms with Crippen molar-refractivity contribution in [2.24, 2.45) is 0 Å². The second-order valence-electron chi connectivity index (χ2n) is 3.67. The van der Waals surface area contributed by atoms with Gasteiger partial charge in [0.15, 0.2) is 11.5 Å². The molecule has 0 fully saturated rings. The molecule has 1 rings (SSSR count). The summed E-state index contributed by atoms with van der Waals surface area (Å²) in [4.78, 5) is 0. The van der Waals surface area contributed by atoms with Gasteiger partial charge in [-0.25, -0.2) is 0 Å². The van der Waals surface area contributed by atoms with E-state index in [1.165, 1.54) is 0 Å². The van der Waals surface area contributed by atoms with Crippen molar-refractivity contribution in [3.05, 3.63) is 22.2 Å². The zero-order chi connectivity index (χ0) is 13.4. The van der Waals surface area contributed by atoms with Gasteiger partial charge in [0.25, 0.3) is 0 Å². The first-order chi connectivity index (χ1) is 8.72. The number of aliphatic hydroxyl groups is 1. The Morgan fingerprint density at radius 3 is 2.47 bits per heavy atom. The standard InChI is InChI=1S/C13H20BrNO3.ClH/c1-3-17-12-8-10(9-15-5-6-16)7-11(14)13(12)18-4-2;/h7-8,15-16H,3-6,9H2,1-2H3;1H. The highest BCUT2D eigenvalue weighted by Gasteiger charge is 2.11. The minimum absolute atomic E-state index is 0. The molecule has 19 heavy (non-hydrogen) atoms. The molecule has 1 aromatic rings. The summed E-state index contributed by atoms with van der Waals surface area (Å²) in [6.45, 7) is 6.48. The van der Waals surface area contributed by atoms with Gasteiger partial charge in [-0.1, -0.05) is 0 Å². The van der Waals surface area contributed by atoms with E-state index in [4.69, 9.17) is 14.6 Å². The maximum atomic E-state index is 8.74. The highest BCUT2D eigenvalue weighted by atomic mass is 79.9. The summed E-state index contributed by atoms with van der Waals surface area (Å²) in [6, 6.07) is 3.96. The molecule has 1 aromatic carbocycles. The largest absolute Gasteiger partial charge is 0.490 e. The van der Waals surface area contributed by atoms with Crippen LogP contribution in [0.4, 0.5) is 0 Å². The molecule has 0 unspecified atom stereocenters. The molecule has 0 saturated carbocycles. The van der Waals surface area contributed by atoms with Crippen LogP contribution in [0.2, 0.25) is 0 Å². The molecular weight excluding hydrogens is 334 g/mol. The van der Waals surface area contributed by atoms with Gasteiger partial charge in [0, 0.05) is 13.1 Å². The molecule has 6 heteroatoms. The molecule has 0 aliphatic carbocycles. The average Bonchev–Trinajstić information content (AvgIpc) is 2.34. The lowest BCUT2D eigenvalue weighted by atomic mass is 10.2. The molecule has 0 aliphatic rings. The molecule has 0 aromatic heterocycles. The molecule has 2 N–H and O–H groups in total. The summed E-state index contributed by atoms with van der Waals surface area (Å²) in [5, 5.41) is 11.9. The second-order valence-corrected chi connectivity index (χ2v) is 4.53. The summed E-state index contributed by atoms with van der Waals surface area (Å²) in [5.74, 6) is 1.49. The van der Waals surface area contributed by atoms with Gasteiger partial charge in [-0.15, -0.1) is 12.4 Å². The Kier molecular flexibility index (Phi) is 10.0. The monoisotopic (exact) mass is 353 g/mol. The van der Waals surface area contributed by atoms with Crippen LogP contribution in [-0.4, -0.2) is 31.5 Å². The van der Waals surface area contributed by atoms with Gasteiger partial charge in [-0.3, -0.25) is 0 Å². The smallest absolute Gasteiger partial charge is 0.175 e. The Morgan fingerprint density at radius 1 is 1.21 bits per heavy atom. The van der Waals surface area contributed by atoms with Gasteiger partial charge in [0.05, 0.1) is 24.3 Å². The minimum atomic E-state index is 0. The first kappa shape index (κ1) is 18.5. The van der Waals surface area contributed by atoms with Crippen LogP contribution >= 0.6 is 28.3 Å². The van der Waals surface area contributed by atoms with Crippen molar-refractivity contribution in [1.29, 1.82) is 0 Å². The van der Waals surface area contributed by atoms with Crippen molar-refractivity contribution in [3.63, 3.8) is 0 Å². The highest BCUT2D eigenvalue weighted by Crippen LogP contribution is 2.36. The molecular formula is C13H21BrClNO3. The molecule has 0 radical (unpaired) electrons. The third kappa shape index (κ3) is 5.99. The first-order valence-corrected chi connectivity index (χ1v) is 6.91. The first-order valence-electron chi connectivity index (χ1n) is 6.12. The summed E-state index contributed by atoms with van der Waals surface area (Å²) in [5.41, 5.74) is 1.09. The third-order valence-electron chi connectivity index (χ3n) is 2.28. The van der Waals surface area contributed by atoms with Crippen LogP contribution in [0, 0.1) is 0 Å². The number of rotatable bonds is 8. The molecule has 4 nitrogen and oxygen atoms in total. The molecule has 0 aliphatic heterocycles. The number of hydrogen-bond donors (Lipinski definition) is 2. The summed E-state index contributed by atoms with van der Waals surface area (Å²) < 4.78 is 12.0. The van der Waals surface area contributed by atoms with Gasteiger partial charge in [0.1, 0.15) is 0 Å². The van der Waals surface area contributed by atoms with Gasteiger partial charge in [-0.2, -0.15) is 0 Å². The topological polar surface area (TPSA) is 50.7 Å². The van der Waals surface area contributed by atoms with E-state index in [1.54, 1.807) is 0 Å². The lowest BCUT2D eigenvalue weighted by molar-refractivity contribution is 0.285. The maximum absolute atomic E-state index is 8.74. The third-order valence-corrected chi connectivity index (χ3v) is 2.86. The minimum Gasteiger partial charge on any atom is -0.490 e. The van der Waals surface area contributed by atoms with Gasteiger partial charge < -0.3 is 19.9 Å². The van der Waals surface area contributed by atoms with E-state index >= 15 is 0 Å². The number of halogens is 2. The van der Waals surface area contributed by atoms with Gasteiger partial charge >= 0.3 is 0 Å². The van der Waals surface area contributed by atoms with Crippen LogP contribution in [0.15, 0.2) is 16.6 Å². The number of benzene rings is 1. The lowest BCUT2D eigenvalue weighted by Crippen LogP contribution is -2.17. The Morgan fingerprint density at radius 2 is 1.89 bits per heavy atom. The lowest BCUT2D eigenvalue weighted by Gasteiger charge is -2.14. The zero-order valence-electron chi connectivity index (χ0n) is 11.2. The number of nitrogens with one attached hydrogen (secondary N) is 1. The molecule has 0 amide bonds. The number of hydrogen-bond acceptors (Lipinski definition) is 4. The van der Waals surface area contributed by atoms with Crippen molar-refractivity contribution in [1.82, 2.24) is 5.32 Å². The van der Waals surface area contributed by atoms with Crippen molar-refractivity contribution in [2.75, 3.05) is 26.4 Å². The Bertz CT molecular complexity index is 377. The highest BCUT2D eigenvalue weighted by molar-refractivity contribution is 9.10. The zero-order valence-corrected chi connectivity index (χ0v) is 13.6. The molecule has 0 atom stereocenters. The summed E-state index contributed by atoms with van der Waals surface area (Å²) in [7, 11) is 0. The predicted molar refractivity (Wildman–Crippen MR) is 82.5 cm³/mol. The van der Waals surface area contributed by atoms with Crippen molar-refractivity contribution in [3.8, 4) is 11.5 Å². The van der Waals surface area contributed by atoms with Crippen molar-refractivity contribution in [2.45, 2.75) is 20.4 Å². The van der Waals surface area contributed by atoms with E-state index < -0.39 is 0 Å². The summed E-state index contributed by atoms with van der Waals surface area (Å²) >= 11 is 3.50. The van der Waals surface area contributed by atoms with E-state index in [0.29, 0.717) is 26.3 Å². The summed E-state index contributed by atoms with van der Waals surface area (Å²) in [6.07, 6.45) is 0. The fraction of sp³-hybridized carbons (Fsp3) is 0.538. The fourth-order valence-electron chi connectivity index (χ4n) is 1.58. The van der Waals surface area contributed by atoms with Crippen molar-refractivity contribution >= 4 is 28.3 Å². The number of aliphatic hydroxyl groups excluding tert-OH is 1. The predicted octanol–water partition coefficient (Wildman–Crippen LogP) is 2.75. The molecule has 110 valence electrons. The van der Waals surface area contributed by atoms with Crippen molar-refractivity contribution < 1.29 is 14.6 Å². The second kappa shape index (κ2) is 10.3. The van der Waals surface area contributed by atoms with E-state index in [2.05, 4.69) is 21.2 Å². The Labute approximate surface area is 129 Å². The van der Waals surface area contributed by atoms with E-state index in [9.17, 15) is 0 Å². The fourth-order valence-corrected chi connectivity index (χ4v) is 2.19. The average molecular weight is 355 g/mol. The Balaban J connectivity index is 0.00000324. The maximum Gasteiger partial charge on any atom is 0.175 e. The van der Waals surface area contributed by atoms with Crippen LogP contribution < -0.4 is 14.8 Å². The molecule has 0 bridgehead atoms. The van der Waals surface area contributed by atoms with E-state index in [1.807, 2.05) is 26.0 Å². The molecule has 0 spiro atoms. The van der Waals surface area contributed by atoms with Crippen LogP contribution in [0.5, 0.6) is 11.5 Å². The SMILES string of the molecule is CCOc1cc(CNCCO)cc(Br)c1OCC.Cl.